The molecule has 0 bridgehead atoms. The standard InChI is InChI=1S/C45H68O5/c1-3-5-7-9-11-13-15-17-19-21-22-24-25-27-29-31-33-35-37-39-44(47)49-42-43(41-46)50-45(48)40-38-36-34-32-30-28-26-23-20-18-16-14-12-10-8-6-4-2/h5-8,11-14,17-20,22,24,26-29,33,35,43,46H,3-4,9-10,15-16,21,23,25,30-32,34,36-42H2,1-2H3/t43-/m0/s1. The lowest BCUT2D eigenvalue weighted by molar-refractivity contribution is -0.161. The second kappa shape index (κ2) is 39.7. The van der Waals surface area contributed by atoms with Crippen LogP contribution in [0.3, 0.4) is 0 Å². The van der Waals surface area contributed by atoms with Crippen molar-refractivity contribution in [1.82, 2.24) is 0 Å². The molecule has 1 N–H and O–H groups in total. The van der Waals surface area contributed by atoms with Crippen molar-refractivity contribution in [3.63, 3.8) is 0 Å². The van der Waals surface area contributed by atoms with Crippen LogP contribution in [0, 0.1) is 0 Å². The van der Waals surface area contributed by atoms with Crippen molar-refractivity contribution in [2.24, 2.45) is 0 Å². The van der Waals surface area contributed by atoms with Gasteiger partial charge >= 0.3 is 11.9 Å². The number of allylic oxidation sites excluding steroid dienone is 20. The lowest BCUT2D eigenvalue weighted by atomic mass is 10.1. The topological polar surface area (TPSA) is 72.8 Å². The van der Waals surface area contributed by atoms with E-state index in [0.29, 0.717) is 12.8 Å². The molecule has 0 saturated heterocycles. The first-order chi connectivity index (χ1) is 24.6. The minimum atomic E-state index is -0.824. The third kappa shape index (κ3) is 37.1. The highest BCUT2D eigenvalue weighted by atomic mass is 16.6. The van der Waals surface area contributed by atoms with Crippen molar-refractivity contribution in [3.05, 3.63) is 122 Å². The van der Waals surface area contributed by atoms with Gasteiger partial charge in [-0.2, -0.15) is 0 Å². The van der Waals surface area contributed by atoms with Gasteiger partial charge < -0.3 is 14.6 Å². The van der Waals surface area contributed by atoms with Gasteiger partial charge in [-0.3, -0.25) is 9.59 Å². The van der Waals surface area contributed by atoms with Gasteiger partial charge in [0.15, 0.2) is 6.10 Å². The Morgan fingerprint density at radius 3 is 1.26 bits per heavy atom. The third-order valence-electron chi connectivity index (χ3n) is 7.26. The molecule has 0 aliphatic carbocycles. The van der Waals surface area contributed by atoms with E-state index in [4.69, 9.17) is 9.47 Å². The first-order valence-electron chi connectivity index (χ1n) is 19.1. The monoisotopic (exact) mass is 689 g/mol. The molecule has 5 heteroatoms. The van der Waals surface area contributed by atoms with Gasteiger partial charge in [-0.1, -0.05) is 148 Å². The van der Waals surface area contributed by atoms with Gasteiger partial charge in [0.25, 0.3) is 0 Å². The number of carbonyl (C=O) groups is 2. The van der Waals surface area contributed by atoms with E-state index in [9.17, 15) is 14.7 Å². The van der Waals surface area contributed by atoms with Crippen LogP contribution in [0.2, 0.25) is 0 Å². The predicted molar refractivity (Wildman–Crippen MR) is 214 cm³/mol. The van der Waals surface area contributed by atoms with Gasteiger partial charge in [-0.25, -0.2) is 0 Å². The van der Waals surface area contributed by atoms with Gasteiger partial charge in [-0.15, -0.1) is 0 Å². The number of ether oxygens (including phenoxy) is 2. The summed E-state index contributed by atoms with van der Waals surface area (Å²) in [6.07, 6.45) is 58.3. The van der Waals surface area contributed by atoms with Gasteiger partial charge in [-0.05, 0) is 89.9 Å². The summed E-state index contributed by atoms with van der Waals surface area (Å²) < 4.78 is 10.5. The Bertz CT molecular complexity index is 1100. The summed E-state index contributed by atoms with van der Waals surface area (Å²) in [7, 11) is 0. The van der Waals surface area contributed by atoms with E-state index in [-0.39, 0.29) is 31.6 Å². The number of esters is 2. The molecular weight excluding hydrogens is 620 g/mol. The lowest BCUT2D eigenvalue weighted by Crippen LogP contribution is -2.28. The van der Waals surface area contributed by atoms with E-state index in [0.717, 1.165) is 96.3 Å². The summed E-state index contributed by atoms with van der Waals surface area (Å²) in [6, 6.07) is 0. The molecule has 0 radical (unpaired) electrons. The summed E-state index contributed by atoms with van der Waals surface area (Å²) in [6.45, 7) is 3.79. The SMILES string of the molecule is CCC=CCC=CCC=CCC=CCC=CCC=CCCC(=O)OC[C@H](CO)OC(=O)CCCCCCC=CCC=CCC=CCC=CCC. The van der Waals surface area contributed by atoms with Gasteiger partial charge in [0, 0.05) is 12.8 Å². The Balaban J connectivity index is 3.80. The molecule has 0 rings (SSSR count). The van der Waals surface area contributed by atoms with Crippen LogP contribution in [-0.4, -0.2) is 36.4 Å². The lowest BCUT2D eigenvalue weighted by Gasteiger charge is -2.15. The molecule has 0 saturated carbocycles. The Hall–Kier alpha value is -3.70. The predicted octanol–water partition coefficient (Wildman–Crippen LogP) is 12.1. The van der Waals surface area contributed by atoms with E-state index in [1.54, 1.807) is 0 Å². The van der Waals surface area contributed by atoms with E-state index in [1.165, 1.54) is 0 Å². The van der Waals surface area contributed by atoms with Crippen LogP contribution in [0.25, 0.3) is 0 Å². The van der Waals surface area contributed by atoms with Crippen molar-refractivity contribution in [3.8, 4) is 0 Å². The van der Waals surface area contributed by atoms with Crippen molar-refractivity contribution in [2.75, 3.05) is 13.2 Å². The normalized spacial score (nSPS) is 13.6. The maximum Gasteiger partial charge on any atom is 0.306 e. The highest BCUT2D eigenvalue weighted by Gasteiger charge is 2.15. The summed E-state index contributed by atoms with van der Waals surface area (Å²) in [5.41, 5.74) is 0. The fourth-order valence-corrected chi connectivity index (χ4v) is 4.45. The molecule has 0 amide bonds. The smallest absolute Gasteiger partial charge is 0.306 e. The van der Waals surface area contributed by atoms with Crippen LogP contribution >= 0.6 is 0 Å². The Morgan fingerprint density at radius 2 is 0.840 bits per heavy atom. The van der Waals surface area contributed by atoms with Crippen LogP contribution < -0.4 is 0 Å². The highest BCUT2D eigenvalue weighted by molar-refractivity contribution is 5.70. The second-order valence-corrected chi connectivity index (χ2v) is 11.9. The molecule has 5 nitrogen and oxygen atoms in total. The maximum absolute atomic E-state index is 12.2. The van der Waals surface area contributed by atoms with Crippen LogP contribution in [0.1, 0.15) is 129 Å². The van der Waals surface area contributed by atoms with Crippen molar-refractivity contribution in [2.45, 2.75) is 136 Å². The molecule has 1 atom stereocenters. The fourth-order valence-electron chi connectivity index (χ4n) is 4.45. The summed E-state index contributed by atoms with van der Waals surface area (Å²) >= 11 is 0. The number of hydrogen-bond donors (Lipinski definition) is 1. The molecule has 0 aromatic rings. The number of aliphatic hydroxyl groups excluding tert-OH is 1. The highest BCUT2D eigenvalue weighted by Crippen LogP contribution is 2.09. The Morgan fingerprint density at radius 1 is 0.460 bits per heavy atom. The first kappa shape index (κ1) is 46.3. The van der Waals surface area contributed by atoms with Gasteiger partial charge in [0.05, 0.1) is 6.61 Å². The molecule has 50 heavy (non-hydrogen) atoms. The van der Waals surface area contributed by atoms with Crippen LogP contribution in [0.5, 0.6) is 0 Å². The minimum Gasteiger partial charge on any atom is -0.462 e. The molecule has 0 aliphatic heterocycles. The molecule has 0 fully saturated rings. The number of rotatable bonds is 32. The zero-order valence-corrected chi connectivity index (χ0v) is 31.3. The average Bonchev–Trinajstić information content (AvgIpc) is 3.12. The van der Waals surface area contributed by atoms with E-state index >= 15 is 0 Å². The van der Waals surface area contributed by atoms with Crippen molar-refractivity contribution in [1.29, 1.82) is 0 Å². The molecule has 0 aromatic carbocycles. The average molecular weight is 689 g/mol. The number of hydrogen-bond acceptors (Lipinski definition) is 5. The van der Waals surface area contributed by atoms with Crippen LogP contribution in [-0.2, 0) is 19.1 Å². The fraction of sp³-hybridized carbons (Fsp3) is 0.511. The molecule has 0 aliphatic rings. The number of carbonyl (C=O) groups excluding carboxylic acids is 2. The summed E-state index contributed by atoms with van der Waals surface area (Å²) in [5.74, 6) is -0.732. The van der Waals surface area contributed by atoms with Crippen molar-refractivity contribution < 1.29 is 24.2 Å². The maximum atomic E-state index is 12.2. The molecular formula is C45H68O5. The molecule has 0 heterocycles. The zero-order valence-electron chi connectivity index (χ0n) is 31.3. The minimum absolute atomic E-state index is 0.125. The second-order valence-electron chi connectivity index (χ2n) is 11.9. The molecule has 278 valence electrons. The van der Waals surface area contributed by atoms with E-state index < -0.39 is 6.10 Å². The number of aliphatic hydroxyl groups is 1. The largest absolute Gasteiger partial charge is 0.462 e. The van der Waals surface area contributed by atoms with Crippen LogP contribution in [0.15, 0.2) is 122 Å². The van der Waals surface area contributed by atoms with Gasteiger partial charge in [0.1, 0.15) is 6.61 Å². The van der Waals surface area contributed by atoms with E-state index in [1.807, 2.05) is 12.2 Å². The summed E-state index contributed by atoms with van der Waals surface area (Å²) in [4.78, 5) is 24.2. The quantitative estimate of drug-likeness (QED) is 0.0433. The number of unbranched alkanes of at least 4 members (excludes halogenated alkanes) is 4. The van der Waals surface area contributed by atoms with Crippen molar-refractivity contribution >= 4 is 11.9 Å². The molecule has 0 spiro atoms. The molecule has 0 aromatic heterocycles. The molecule has 0 unspecified atom stereocenters. The first-order valence-corrected chi connectivity index (χ1v) is 19.1. The Labute approximate surface area is 305 Å². The summed E-state index contributed by atoms with van der Waals surface area (Å²) in [5, 5.41) is 9.54. The Kier molecular flexibility index (Phi) is 36.8. The van der Waals surface area contributed by atoms with Crippen LogP contribution in [0.4, 0.5) is 0 Å². The third-order valence-corrected chi connectivity index (χ3v) is 7.26. The zero-order chi connectivity index (χ0) is 36.4. The van der Waals surface area contributed by atoms with E-state index in [2.05, 4.69) is 123 Å². The van der Waals surface area contributed by atoms with Gasteiger partial charge in [0.2, 0.25) is 0 Å².